The summed E-state index contributed by atoms with van der Waals surface area (Å²) >= 11 is 0. The minimum atomic E-state index is -0.436. The maximum absolute atomic E-state index is 12.6. The van der Waals surface area contributed by atoms with Gasteiger partial charge in [0.15, 0.2) is 0 Å². The van der Waals surface area contributed by atoms with Crippen LogP contribution in [0.2, 0.25) is 0 Å². The Morgan fingerprint density at radius 2 is 1.18 bits per heavy atom. The molecule has 1 aliphatic rings. The Hall–Kier alpha value is -2.82. The van der Waals surface area contributed by atoms with Crippen molar-refractivity contribution in [2.24, 2.45) is 11.8 Å². The van der Waals surface area contributed by atoms with Crippen LogP contribution in [0.1, 0.15) is 121 Å². The highest BCUT2D eigenvalue weighted by Gasteiger charge is 2.27. The summed E-state index contributed by atoms with van der Waals surface area (Å²) in [5.74, 6) is 1.79. The van der Waals surface area contributed by atoms with Gasteiger partial charge >= 0.3 is 11.9 Å². The number of carbonyl (C=O) groups excluding carboxylic acids is 2. The Bertz CT molecular complexity index is 958. The molecule has 5 heteroatoms. The lowest BCUT2D eigenvalue weighted by Gasteiger charge is -2.27. The summed E-state index contributed by atoms with van der Waals surface area (Å²) in [5, 5.41) is 0. The third-order valence-electron chi connectivity index (χ3n) is 7.76. The first-order valence-electron chi connectivity index (χ1n) is 15.4. The van der Waals surface area contributed by atoms with E-state index in [2.05, 4.69) is 13.8 Å². The molecule has 0 atom stereocenters. The van der Waals surface area contributed by atoms with Gasteiger partial charge in [0.05, 0.1) is 18.1 Å². The molecule has 2 aromatic carbocycles. The van der Waals surface area contributed by atoms with Crippen LogP contribution in [0.15, 0.2) is 48.5 Å². The molecule has 2 aromatic rings. The van der Waals surface area contributed by atoms with Crippen molar-refractivity contribution >= 4 is 11.9 Å². The monoisotopic (exact) mass is 536 g/mol. The highest BCUT2D eigenvalue weighted by molar-refractivity contribution is 5.91. The molecule has 0 heterocycles. The number of esters is 2. The van der Waals surface area contributed by atoms with Gasteiger partial charge in [0.1, 0.15) is 17.2 Å². The zero-order chi connectivity index (χ0) is 27.7. The summed E-state index contributed by atoms with van der Waals surface area (Å²) in [6.45, 7) is 5.15. The summed E-state index contributed by atoms with van der Waals surface area (Å²) in [4.78, 5) is 25.2. The van der Waals surface area contributed by atoms with Crippen molar-refractivity contribution in [1.29, 1.82) is 0 Å². The normalized spacial score (nSPS) is 17.0. The molecule has 0 spiro atoms. The van der Waals surface area contributed by atoms with Gasteiger partial charge in [0.25, 0.3) is 0 Å². The van der Waals surface area contributed by atoms with Crippen LogP contribution in [0, 0.1) is 11.8 Å². The predicted octanol–water partition coefficient (Wildman–Crippen LogP) is 9.33. The van der Waals surface area contributed by atoms with Gasteiger partial charge in [-0.15, -0.1) is 0 Å². The van der Waals surface area contributed by atoms with Gasteiger partial charge in [-0.3, -0.25) is 4.79 Å². The van der Waals surface area contributed by atoms with E-state index in [1.807, 2.05) is 0 Å². The standard InChI is InChI=1S/C34H48O5/c1-3-5-7-8-9-10-12-26-37-30-20-18-29(19-21-30)34(36)39-32-24-22-31(23-25-32)38-33(35)28-16-14-27(15-17-28)13-11-6-4-2/h18-25,27-28H,3-17,26H2,1-2H3/t27-,28-. The highest BCUT2D eigenvalue weighted by atomic mass is 16.5. The van der Waals surface area contributed by atoms with E-state index in [4.69, 9.17) is 14.2 Å². The zero-order valence-corrected chi connectivity index (χ0v) is 24.1. The lowest BCUT2D eigenvalue weighted by atomic mass is 9.80. The largest absolute Gasteiger partial charge is 0.494 e. The summed E-state index contributed by atoms with van der Waals surface area (Å²) in [5.41, 5.74) is 0.457. The van der Waals surface area contributed by atoms with Crippen LogP contribution >= 0.6 is 0 Å². The molecule has 0 bridgehead atoms. The van der Waals surface area contributed by atoms with E-state index in [9.17, 15) is 9.59 Å². The van der Waals surface area contributed by atoms with Crippen molar-refractivity contribution in [3.8, 4) is 17.2 Å². The van der Waals surface area contributed by atoms with Crippen molar-refractivity contribution < 1.29 is 23.8 Å². The van der Waals surface area contributed by atoms with Crippen molar-refractivity contribution in [2.75, 3.05) is 6.61 Å². The maximum atomic E-state index is 12.6. The summed E-state index contributed by atoms with van der Waals surface area (Å²) in [7, 11) is 0. The third-order valence-corrected chi connectivity index (χ3v) is 7.76. The number of benzene rings is 2. The second kappa shape index (κ2) is 17.7. The number of rotatable bonds is 17. The van der Waals surface area contributed by atoms with Crippen LogP contribution in [0.4, 0.5) is 0 Å². The van der Waals surface area contributed by atoms with Gasteiger partial charge in [-0.1, -0.05) is 78.1 Å². The predicted molar refractivity (Wildman–Crippen MR) is 157 cm³/mol. The molecule has 0 amide bonds. The quantitative estimate of drug-likeness (QED) is 0.114. The fourth-order valence-electron chi connectivity index (χ4n) is 5.25. The lowest BCUT2D eigenvalue weighted by Crippen LogP contribution is -2.25. The SMILES string of the molecule is CCCCCCCCCOc1ccc(C(=O)Oc2ccc(OC(=O)[C@H]3CC[C@H](CCCCC)CC3)cc2)cc1. The van der Waals surface area contributed by atoms with Crippen LogP contribution in [0.5, 0.6) is 17.2 Å². The van der Waals surface area contributed by atoms with E-state index < -0.39 is 5.97 Å². The van der Waals surface area contributed by atoms with E-state index in [-0.39, 0.29) is 11.9 Å². The van der Waals surface area contributed by atoms with E-state index in [1.165, 1.54) is 64.2 Å². The first-order chi connectivity index (χ1) is 19.1. The molecule has 5 nitrogen and oxygen atoms in total. The number of ether oxygens (including phenoxy) is 3. The molecule has 214 valence electrons. The van der Waals surface area contributed by atoms with Crippen LogP contribution < -0.4 is 14.2 Å². The number of unbranched alkanes of at least 4 members (excludes halogenated alkanes) is 8. The summed E-state index contributed by atoms with van der Waals surface area (Å²) in [6.07, 6.45) is 17.9. The average Bonchev–Trinajstić information content (AvgIpc) is 2.96. The number of hydrogen-bond donors (Lipinski definition) is 0. The molecule has 39 heavy (non-hydrogen) atoms. The molecule has 0 N–H and O–H groups in total. The third kappa shape index (κ3) is 11.4. The Morgan fingerprint density at radius 1 is 0.641 bits per heavy atom. The Morgan fingerprint density at radius 3 is 1.82 bits per heavy atom. The molecule has 3 rings (SSSR count). The van der Waals surface area contributed by atoms with Crippen molar-refractivity contribution in [3.63, 3.8) is 0 Å². The fourth-order valence-corrected chi connectivity index (χ4v) is 5.25. The van der Waals surface area contributed by atoms with E-state index in [1.54, 1.807) is 48.5 Å². The molecule has 1 saturated carbocycles. The van der Waals surface area contributed by atoms with Gasteiger partial charge in [-0.2, -0.15) is 0 Å². The van der Waals surface area contributed by atoms with Crippen LogP contribution in [-0.2, 0) is 4.79 Å². The molecule has 0 aromatic heterocycles. The van der Waals surface area contributed by atoms with Gasteiger partial charge in [0, 0.05) is 0 Å². The summed E-state index contributed by atoms with van der Waals surface area (Å²) < 4.78 is 16.9. The Balaban J connectivity index is 1.35. The van der Waals surface area contributed by atoms with Crippen molar-refractivity contribution in [1.82, 2.24) is 0 Å². The van der Waals surface area contributed by atoms with Crippen LogP contribution in [-0.4, -0.2) is 18.5 Å². The molecule has 0 aliphatic heterocycles. The minimum Gasteiger partial charge on any atom is -0.494 e. The van der Waals surface area contributed by atoms with Gasteiger partial charge in [0.2, 0.25) is 0 Å². The molecule has 1 aliphatic carbocycles. The zero-order valence-electron chi connectivity index (χ0n) is 24.1. The number of hydrogen-bond acceptors (Lipinski definition) is 5. The van der Waals surface area contributed by atoms with Gasteiger partial charge in [-0.25, -0.2) is 4.79 Å². The molecule has 0 saturated heterocycles. The number of carbonyl (C=O) groups is 2. The Kier molecular flexibility index (Phi) is 13.9. The minimum absolute atomic E-state index is 0.0209. The lowest BCUT2D eigenvalue weighted by molar-refractivity contribution is -0.140. The smallest absolute Gasteiger partial charge is 0.343 e. The van der Waals surface area contributed by atoms with E-state index in [0.717, 1.165) is 43.8 Å². The van der Waals surface area contributed by atoms with Crippen molar-refractivity contribution in [3.05, 3.63) is 54.1 Å². The molecular formula is C34H48O5. The summed E-state index contributed by atoms with van der Waals surface area (Å²) in [6, 6.07) is 13.7. The fraction of sp³-hybridized carbons (Fsp3) is 0.588. The first-order valence-corrected chi connectivity index (χ1v) is 15.4. The van der Waals surface area contributed by atoms with Crippen LogP contribution in [0.25, 0.3) is 0 Å². The second-order valence-corrected chi connectivity index (χ2v) is 11.0. The highest BCUT2D eigenvalue weighted by Crippen LogP contribution is 2.33. The molecule has 0 unspecified atom stereocenters. The molecule has 1 fully saturated rings. The van der Waals surface area contributed by atoms with Gasteiger partial charge < -0.3 is 14.2 Å². The second-order valence-electron chi connectivity index (χ2n) is 11.0. The van der Waals surface area contributed by atoms with Gasteiger partial charge in [-0.05, 0) is 86.6 Å². The maximum Gasteiger partial charge on any atom is 0.343 e. The molecular weight excluding hydrogens is 488 g/mol. The Labute approximate surface area is 235 Å². The topological polar surface area (TPSA) is 61.8 Å². The molecule has 0 radical (unpaired) electrons. The first kappa shape index (κ1) is 30.7. The average molecular weight is 537 g/mol. The van der Waals surface area contributed by atoms with Crippen molar-refractivity contribution in [2.45, 2.75) is 110 Å². The van der Waals surface area contributed by atoms with Crippen LogP contribution in [0.3, 0.4) is 0 Å². The van der Waals surface area contributed by atoms with E-state index >= 15 is 0 Å². The van der Waals surface area contributed by atoms with E-state index in [0.29, 0.717) is 23.7 Å².